The van der Waals surface area contributed by atoms with Gasteiger partial charge in [-0.25, -0.2) is 9.37 Å². The number of ether oxygens (including phenoxy) is 1. The molecule has 2 aromatic rings. The number of aromatic nitrogens is 1. The monoisotopic (exact) mass is 368 g/mol. The largest absolute Gasteiger partial charge is 0.468 e. The summed E-state index contributed by atoms with van der Waals surface area (Å²) < 4.78 is 54.6. The average Bonchev–Trinajstić information content (AvgIpc) is 2.58. The molecule has 1 aliphatic rings. The Balaban J connectivity index is 1.81. The summed E-state index contributed by atoms with van der Waals surface area (Å²) >= 11 is 0. The van der Waals surface area contributed by atoms with Gasteiger partial charge in [-0.1, -0.05) is 0 Å². The van der Waals surface area contributed by atoms with Gasteiger partial charge in [0.15, 0.2) is 6.61 Å². The molecule has 2 heterocycles. The second-order valence-corrected chi connectivity index (χ2v) is 6.08. The van der Waals surface area contributed by atoms with E-state index in [9.17, 15) is 22.4 Å². The Labute approximate surface area is 147 Å². The number of carbonyl (C=O) groups excluding carboxylic acids is 1. The number of pyridine rings is 1. The number of hydrogen-bond acceptors (Lipinski definition) is 3. The number of benzene rings is 1. The Morgan fingerprint density at radius 1 is 1.31 bits per heavy atom. The van der Waals surface area contributed by atoms with Crippen LogP contribution < -0.4 is 9.64 Å². The second-order valence-electron chi connectivity index (χ2n) is 6.08. The van der Waals surface area contributed by atoms with Crippen LogP contribution in [-0.4, -0.2) is 30.2 Å². The van der Waals surface area contributed by atoms with Crippen LogP contribution in [0.4, 0.5) is 23.2 Å². The minimum atomic E-state index is -4.46. The smallest absolute Gasteiger partial charge is 0.422 e. The number of alkyl halides is 3. The van der Waals surface area contributed by atoms with Gasteiger partial charge in [0.05, 0.1) is 11.3 Å². The van der Waals surface area contributed by atoms with Gasteiger partial charge in [-0.05, 0) is 49.1 Å². The Hall–Kier alpha value is -2.64. The molecule has 8 heteroatoms. The summed E-state index contributed by atoms with van der Waals surface area (Å²) in [7, 11) is 0. The predicted molar refractivity (Wildman–Crippen MR) is 86.9 cm³/mol. The lowest BCUT2D eigenvalue weighted by atomic mass is 9.97. The van der Waals surface area contributed by atoms with Crippen LogP contribution in [0.25, 0.3) is 0 Å². The van der Waals surface area contributed by atoms with Crippen molar-refractivity contribution in [3.8, 4) is 5.88 Å². The van der Waals surface area contributed by atoms with Crippen LogP contribution in [0, 0.1) is 12.7 Å². The van der Waals surface area contributed by atoms with E-state index in [1.165, 1.54) is 30.5 Å². The highest BCUT2D eigenvalue weighted by atomic mass is 19.4. The fraction of sp³-hybridized carbons (Fsp3) is 0.333. The van der Waals surface area contributed by atoms with Crippen molar-refractivity contribution in [2.45, 2.75) is 25.9 Å². The third-order valence-electron chi connectivity index (χ3n) is 4.05. The van der Waals surface area contributed by atoms with Crippen LogP contribution in [0.15, 0.2) is 30.5 Å². The van der Waals surface area contributed by atoms with Gasteiger partial charge in [0.25, 0.3) is 5.91 Å². The van der Waals surface area contributed by atoms with Gasteiger partial charge in [-0.2, -0.15) is 13.2 Å². The predicted octanol–water partition coefficient (Wildman–Crippen LogP) is 4.06. The van der Waals surface area contributed by atoms with Crippen LogP contribution in [0.1, 0.15) is 27.9 Å². The molecule has 1 aromatic carbocycles. The van der Waals surface area contributed by atoms with E-state index in [1.807, 2.05) is 0 Å². The highest BCUT2D eigenvalue weighted by molar-refractivity contribution is 6.07. The molecule has 1 aliphatic heterocycles. The molecule has 0 aliphatic carbocycles. The van der Waals surface area contributed by atoms with Crippen LogP contribution in [0.2, 0.25) is 0 Å². The molecule has 0 saturated heterocycles. The number of nitrogens with zero attached hydrogens (tertiary/aromatic N) is 2. The first kappa shape index (κ1) is 18.2. The van der Waals surface area contributed by atoms with Gasteiger partial charge < -0.3 is 9.64 Å². The van der Waals surface area contributed by atoms with Crippen molar-refractivity contribution in [2.75, 3.05) is 18.1 Å². The van der Waals surface area contributed by atoms with Crippen molar-refractivity contribution < 1.29 is 27.1 Å². The lowest BCUT2D eigenvalue weighted by Crippen LogP contribution is -2.36. The maximum atomic E-state index is 13.6. The Kier molecular flexibility index (Phi) is 4.84. The molecule has 0 bridgehead atoms. The van der Waals surface area contributed by atoms with Crippen LogP contribution in [-0.2, 0) is 6.42 Å². The molecule has 3 rings (SSSR count). The van der Waals surface area contributed by atoms with Gasteiger partial charge in [0, 0.05) is 18.8 Å². The lowest BCUT2D eigenvalue weighted by Gasteiger charge is -2.31. The summed E-state index contributed by atoms with van der Waals surface area (Å²) in [4.78, 5) is 18.1. The quantitative estimate of drug-likeness (QED) is 0.768. The van der Waals surface area contributed by atoms with Crippen LogP contribution >= 0.6 is 0 Å². The standard InChI is InChI=1S/C18H16F4N2O2/c1-11-7-14(19)8-12-3-2-6-24(16(11)12)17(25)13-4-5-15(23-9-13)26-10-18(20,21)22/h4-5,7-9H,2-3,6,10H2,1H3. The molecule has 1 aromatic heterocycles. The Bertz CT molecular complexity index is 819. The molecule has 138 valence electrons. The van der Waals surface area contributed by atoms with Gasteiger partial charge in [0.2, 0.25) is 5.88 Å². The number of halogens is 4. The number of aryl methyl sites for hydroxylation is 2. The first-order valence-corrected chi connectivity index (χ1v) is 8.01. The van der Waals surface area contributed by atoms with E-state index in [4.69, 9.17) is 0 Å². The van der Waals surface area contributed by atoms with Gasteiger partial charge in [-0.3, -0.25) is 4.79 Å². The molecule has 0 spiro atoms. The third kappa shape index (κ3) is 3.95. The number of amides is 1. The summed E-state index contributed by atoms with van der Waals surface area (Å²) in [6.07, 6.45) is -1.90. The number of fused-ring (bicyclic) bond motifs is 1. The number of anilines is 1. The van der Waals surface area contributed by atoms with E-state index in [2.05, 4.69) is 9.72 Å². The molecule has 0 radical (unpaired) electrons. The van der Waals surface area contributed by atoms with Crippen molar-refractivity contribution in [1.29, 1.82) is 0 Å². The maximum Gasteiger partial charge on any atom is 0.422 e. The minimum Gasteiger partial charge on any atom is -0.468 e. The van der Waals surface area contributed by atoms with Crippen molar-refractivity contribution in [2.24, 2.45) is 0 Å². The first-order chi connectivity index (χ1) is 12.2. The van der Waals surface area contributed by atoms with Crippen LogP contribution in [0.3, 0.4) is 0 Å². The van der Waals surface area contributed by atoms with Crippen molar-refractivity contribution >= 4 is 11.6 Å². The van der Waals surface area contributed by atoms with E-state index in [1.54, 1.807) is 11.8 Å². The molecule has 0 unspecified atom stereocenters. The zero-order chi connectivity index (χ0) is 18.9. The highest BCUT2D eigenvalue weighted by Gasteiger charge is 2.29. The van der Waals surface area contributed by atoms with Crippen molar-refractivity contribution in [3.63, 3.8) is 0 Å². The fourth-order valence-electron chi connectivity index (χ4n) is 3.03. The minimum absolute atomic E-state index is 0.212. The number of rotatable bonds is 3. The highest BCUT2D eigenvalue weighted by Crippen LogP contribution is 2.32. The molecule has 0 fully saturated rings. The SMILES string of the molecule is Cc1cc(F)cc2c1N(C(=O)c1ccc(OCC(F)(F)F)nc1)CCC2. The van der Waals surface area contributed by atoms with Crippen molar-refractivity contribution in [1.82, 2.24) is 4.98 Å². The van der Waals surface area contributed by atoms with Gasteiger partial charge in [-0.15, -0.1) is 0 Å². The van der Waals surface area contributed by atoms with E-state index in [0.717, 1.165) is 5.56 Å². The maximum absolute atomic E-state index is 13.6. The molecular formula is C18H16F4N2O2. The second kappa shape index (κ2) is 6.93. The lowest BCUT2D eigenvalue weighted by molar-refractivity contribution is -0.154. The van der Waals surface area contributed by atoms with Crippen LogP contribution in [0.5, 0.6) is 5.88 Å². The summed E-state index contributed by atoms with van der Waals surface area (Å²) in [6, 6.07) is 5.39. The summed E-state index contributed by atoms with van der Waals surface area (Å²) in [5.41, 5.74) is 2.33. The van der Waals surface area contributed by atoms with E-state index in [0.29, 0.717) is 30.6 Å². The molecule has 0 atom stereocenters. The fourth-order valence-corrected chi connectivity index (χ4v) is 3.03. The van der Waals surface area contributed by atoms with Gasteiger partial charge in [0.1, 0.15) is 5.82 Å². The normalized spacial score (nSPS) is 14.1. The molecule has 1 amide bonds. The van der Waals surface area contributed by atoms with E-state index >= 15 is 0 Å². The first-order valence-electron chi connectivity index (χ1n) is 8.01. The third-order valence-corrected chi connectivity index (χ3v) is 4.05. The topological polar surface area (TPSA) is 42.4 Å². The molecule has 0 saturated carbocycles. The molecular weight excluding hydrogens is 352 g/mol. The Morgan fingerprint density at radius 3 is 2.73 bits per heavy atom. The zero-order valence-electron chi connectivity index (χ0n) is 13.9. The van der Waals surface area contributed by atoms with Gasteiger partial charge >= 0.3 is 6.18 Å². The summed E-state index contributed by atoms with van der Waals surface area (Å²) in [5, 5.41) is 0. The molecule has 26 heavy (non-hydrogen) atoms. The molecule has 0 N–H and O–H groups in total. The number of hydrogen-bond donors (Lipinski definition) is 0. The zero-order valence-corrected chi connectivity index (χ0v) is 13.9. The van der Waals surface area contributed by atoms with E-state index < -0.39 is 12.8 Å². The summed E-state index contributed by atoms with van der Waals surface area (Å²) in [5.74, 6) is -0.893. The molecule has 4 nitrogen and oxygen atoms in total. The average molecular weight is 368 g/mol. The number of carbonyl (C=O) groups is 1. The summed E-state index contributed by atoms with van der Waals surface area (Å²) in [6.45, 7) is 0.766. The van der Waals surface area contributed by atoms with E-state index in [-0.39, 0.29) is 23.2 Å². The van der Waals surface area contributed by atoms with Crippen molar-refractivity contribution in [3.05, 3.63) is 53.0 Å². The Morgan fingerprint density at radius 2 is 2.08 bits per heavy atom.